The van der Waals surface area contributed by atoms with Crippen molar-refractivity contribution < 1.29 is 4.74 Å². The maximum absolute atomic E-state index is 6.23. The van der Waals surface area contributed by atoms with Crippen molar-refractivity contribution >= 4 is 15.9 Å². The van der Waals surface area contributed by atoms with Crippen molar-refractivity contribution in [3.8, 4) is 0 Å². The van der Waals surface area contributed by atoms with Crippen LogP contribution < -0.4 is 5.73 Å². The van der Waals surface area contributed by atoms with Gasteiger partial charge >= 0.3 is 0 Å². The molecule has 0 spiro atoms. The molecule has 2 heterocycles. The molecule has 1 aromatic heterocycles. The number of halogens is 1. The van der Waals surface area contributed by atoms with Gasteiger partial charge in [0.2, 0.25) is 0 Å². The summed E-state index contributed by atoms with van der Waals surface area (Å²) in [5.41, 5.74) is 7.41. The van der Waals surface area contributed by atoms with Crippen LogP contribution in [0.4, 0.5) is 0 Å². The molecule has 0 saturated carbocycles. The molecule has 1 aliphatic rings. The van der Waals surface area contributed by atoms with Gasteiger partial charge in [0.05, 0.1) is 6.10 Å². The monoisotopic (exact) mass is 284 g/mol. The molecule has 3 atom stereocenters. The average Bonchev–Trinajstić information content (AvgIpc) is 2.64. The molecule has 4 heteroatoms. The van der Waals surface area contributed by atoms with Crippen molar-refractivity contribution in [2.45, 2.75) is 31.9 Å². The van der Waals surface area contributed by atoms with E-state index in [4.69, 9.17) is 10.5 Å². The highest BCUT2D eigenvalue weighted by molar-refractivity contribution is 9.10. The summed E-state index contributed by atoms with van der Waals surface area (Å²) in [6.07, 6.45) is 5.89. The first-order valence-corrected chi connectivity index (χ1v) is 6.42. The van der Waals surface area contributed by atoms with Gasteiger partial charge in [0.25, 0.3) is 0 Å². The first-order valence-electron chi connectivity index (χ1n) is 5.63. The fourth-order valence-electron chi connectivity index (χ4n) is 2.30. The van der Waals surface area contributed by atoms with Crippen LogP contribution in [0.3, 0.4) is 0 Å². The van der Waals surface area contributed by atoms with Gasteiger partial charge in [0, 0.05) is 35.4 Å². The molecule has 1 fully saturated rings. The van der Waals surface area contributed by atoms with Crippen molar-refractivity contribution in [1.82, 2.24) is 4.98 Å². The van der Waals surface area contributed by atoms with Crippen molar-refractivity contribution in [2.24, 2.45) is 11.7 Å². The Morgan fingerprint density at radius 3 is 3.06 bits per heavy atom. The number of rotatable bonds is 3. The van der Waals surface area contributed by atoms with Crippen LogP contribution >= 0.6 is 15.9 Å². The Morgan fingerprint density at radius 2 is 2.44 bits per heavy atom. The molecule has 0 aliphatic carbocycles. The fraction of sp³-hybridized carbons (Fsp3) is 0.583. The van der Waals surface area contributed by atoms with Crippen molar-refractivity contribution in [3.05, 3.63) is 28.5 Å². The summed E-state index contributed by atoms with van der Waals surface area (Å²) >= 11 is 3.42. The fourth-order valence-corrected chi connectivity index (χ4v) is 2.71. The summed E-state index contributed by atoms with van der Waals surface area (Å²) in [6, 6.07) is 2.24. The van der Waals surface area contributed by atoms with E-state index in [1.165, 1.54) is 5.56 Å². The molecule has 88 valence electrons. The van der Waals surface area contributed by atoms with E-state index in [0.29, 0.717) is 5.92 Å². The molecule has 3 unspecified atom stereocenters. The van der Waals surface area contributed by atoms with Gasteiger partial charge < -0.3 is 10.5 Å². The summed E-state index contributed by atoms with van der Waals surface area (Å²) in [7, 11) is 0. The third kappa shape index (κ3) is 2.81. The van der Waals surface area contributed by atoms with Gasteiger partial charge in [-0.2, -0.15) is 0 Å². The number of ether oxygens (including phenoxy) is 1. The van der Waals surface area contributed by atoms with Gasteiger partial charge in [0.15, 0.2) is 0 Å². The minimum absolute atomic E-state index is 0.161. The van der Waals surface area contributed by atoms with E-state index in [0.717, 1.165) is 23.9 Å². The number of nitrogens with zero attached hydrogens (tertiary/aromatic N) is 1. The Balaban J connectivity index is 1.99. The summed E-state index contributed by atoms with van der Waals surface area (Å²) < 4.78 is 6.55. The van der Waals surface area contributed by atoms with E-state index in [-0.39, 0.29) is 12.1 Å². The summed E-state index contributed by atoms with van der Waals surface area (Å²) in [4.78, 5) is 4.15. The molecule has 2 rings (SSSR count). The third-order valence-corrected chi connectivity index (χ3v) is 3.65. The maximum atomic E-state index is 6.23. The first kappa shape index (κ1) is 12.0. The molecule has 2 N–H and O–H groups in total. The van der Waals surface area contributed by atoms with Crippen LogP contribution in [-0.4, -0.2) is 23.7 Å². The molecule has 0 bridgehead atoms. The number of nitrogens with two attached hydrogens (primary N) is 1. The first-order chi connectivity index (χ1) is 7.66. The zero-order valence-corrected chi connectivity index (χ0v) is 11.0. The second-order valence-electron chi connectivity index (χ2n) is 4.41. The zero-order valence-electron chi connectivity index (χ0n) is 9.40. The van der Waals surface area contributed by atoms with Crippen molar-refractivity contribution in [2.75, 3.05) is 6.61 Å². The lowest BCUT2D eigenvalue weighted by Gasteiger charge is -2.21. The second kappa shape index (κ2) is 5.25. The van der Waals surface area contributed by atoms with Crippen LogP contribution in [0.25, 0.3) is 0 Å². The predicted molar refractivity (Wildman–Crippen MR) is 67.1 cm³/mol. The van der Waals surface area contributed by atoms with E-state index in [1.807, 2.05) is 6.20 Å². The molecule has 0 radical (unpaired) electrons. The third-order valence-electron chi connectivity index (χ3n) is 3.22. The number of pyridine rings is 1. The topological polar surface area (TPSA) is 48.1 Å². The normalized spacial score (nSPS) is 26.9. The van der Waals surface area contributed by atoms with Crippen LogP contribution in [0.15, 0.2) is 22.9 Å². The summed E-state index contributed by atoms with van der Waals surface area (Å²) in [5.74, 6) is 0.471. The quantitative estimate of drug-likeness (QED) is 0.925. The van der Waals surface area contributed by atoms with Crippen LogP contribution in [-0.2, 0) is 11.2 Å². The number of hydrogen-bond donors (Lipinski definition) is 1. The minimum atomic E-state index is 0.161. The summed E-state index contributed by atoms with van der Waals surface area (Å²) in [6.45, 7) is 2.95. The molecule has 16 heavy (non-hydrogen) atoms. The van der Waals surface area contributed by atoms with Gasteiger partial charge in [-0.25, -0.2) is 0 Å². The molecule has 0 aromatic carbocycles. The highest BCUT2D eigenvalue weighted by atomic mass is 79.9. The van der Waals surface area contributed by atoms with Gasteiger partial charge in [-0.15, -0.1) is 0 Å². The highest BCUT2D eigenvalue weighted by Gasteiger charge is 2.29. The predicted octanol–water partition coefficient (Wildman–Crippen LogP) is 2.14. The maximum Gasteiger partial charge on any atom is 0.0590 e. The van der Waals surface area contributed by atoms with E-state index >= 15 is 0 Å². The van der Waals surface area contributed by atoms with Crippen molar-refractivity contribution in [3.63, 3.8) is 0 Å². The number of hydrogen-bond acceptors (Lipinski definition) is 3. The summed E-state index contributed by atoms with van der Waals surface area (Å²) in [5, 5.41) is 0. The molecular weight excluding hydrogens is 268 g/mol. The lowest BCUT2D eigenvalue weighted by molar-refractivity contribution is 0.0995. The van der Waals surface area contributed by atoms with E-state index in [2.05, 4.69) is 33.9 Å². The largest absolute Gasteiger partial charge is 0.378 e. The Hall–Kier alpha value is -0.450. The SMILES string of the molecule is CC1OCCC1C(N)Cc1cncc(Br)c1. The number of aromatic nitrogens is 1. The Kier molecular flexibility index (Phi) is 3.95. The van der Waals surface area contributed by atoms with Gasteiger partial charge in [-0.3, -0.25) is 4.98 Å². The Morgan fingerprint density at radius 1 is 1.62 bits per heavy atom. The lowest BCUT2D eigenvalue weighted by atomic mass is 9.90. The van der Waals surface area contributed by atoms with Crippen LogP contribution in [0.5, 0.6) is 0 Å². The smallest absolute Gasteiger partial charge is 0.0590 e. The highest BCUT2D eigenvalue weighted by Crippen LogP contribution is 2.25. The molecule has 1 saturated heterocycles. The second-order valence-corrected chi connectivity index (χ2v) is 5.32. The van der Waals surface area contributed by atoms with Crippen LogP contribution in [0.2, 0.25) is 0 Å². The van der Waals surface area contributed by atoms with E-state index in [9.17, 15) is 0 Å². The van der Waals surface area contributed by atoms with Crippen molar-refractivity contribution in [1.29, 1.82) is 0 Å². The van der Waals surface area contributed by atoms with Crippen LogP contribution in [0, 0.1) is 5.92 Å². The molecule has 3 nitrogen and oxygen atoms in total. The van der Waals surface area contributed by atoms with Gasteiger partial charge in [-0.05, 0) is 47.3 Å². The van der Waals surface area contributed by atoms with Gasteiger partial charge in [-0.1, -0.05) is 0 Å². The molecule has 0 amide bonds. The van der Waals surface area contributed by atoms with E-state index < -0.39 is 0 Å². The average molecular weight is 285 g/mol. The Bertz CT molecular complexity index is 359. The standard InChI is InChI=1S/C12H17BrN2O/c1-8-11(2-3-16-8)12(14)5-9-4-10(13)7-15-6-9/h4,6-8,11-12H,2-3,5,14H2,1H3. The van der Waals surface area contributed by atoms with Gasteiger partial charge in [0.1, 0.15) is 0 Å². The lowest BCUT2D eigenvalue weighted by Crippen LogP contribution is -2.36. The molecule has 1 aliphatic heterocycles. The van der Waals surface area contributed by atoms with Crippen LogP contribution in [0.1, 0.15) is 18.9 Å². The molecule has 1 aromatic rings. The minimum Gasteiger partial charge on any atom is -0.378 e. The zero-order chi connectivity index (χ0) is 11.5. The van der Waals surface area contributed by atoms with E-state index in [1.54, 1.807) is 6.20 Å². The molecular formula is C12H17BrN2O. The Labute approximate surface area is 105 Å².